The monoisotopic (exact) mass is 706 g/mol. The lowest BCUT2D eigenvalue weighted by Crippen LogP contribution is -2.52. The van der Waals surface area contributed by atoms with Crippen LogP contribution < -0.4 is 20.7 Å². The Labute approximate surface area is 303 Å². The van der Waals surface area contributed by atoms with E-state index in [9.17, 15) is 19.5 Å². The third-order valence-electron chi connectivity index (χ3n) is 11.1. The quantitative estimate of drug-likeness (QED) is 0.185. The summed E-state index contributed by atoms with van der Waals surface area (Å²) in [7, 11) is 1.30. The molecule has 4 heterocycles. The third kappa shape index (κ3) is 5.27. The SMILES string of the molecule is COC(=O)c1nc2oc1[C@]13c4cc(ccc4OC1Nc1c(-c4c(C)c(C)cc(C)c4C)cccc13)C[C@H](NC(=O)[C@@H](O)C(C)C)C(=O)N[C@H]2C(C)C. The van der Waals surface area contributed by atoms with Gasteiger partial charge in [-0.2, -0.15) is 0 Å². The summed E-state index contributed by atoms with van der Waals surface area (Å²) in [6, 6.07) is 12.2. The van der Waals surface area contributed by atoms with E-state index in [1.807, 2.05) is 44.2 Å². The third-order valence-corrected chi connectivity index (χ3v) is 11.1. The van der Waals surface area contributed by atoms with Crippen LogP contribution in [0, 0.1) is 39.5 Å². The van der Waals surface area contributed by atoms with E-state index < -0.39 is 47.6 Å². The van der Waals surface area contributed by atoms with Crippen molar-refractivity contribution in [3.05, 3.63) is 98.8 Å². The number of fused-ring (bicyclic) bond motifs is 4. The lowest BCUT2D eigenvalue weighted by atomic mass is 9.72. The molecule has 3 aliphatic rings. The second kappa shape index (κ2) is 12.8. The van der Waals surface area contributed by atoms with Crippen molar-refractivity contribution < 1.29 is 33.4 Å². The molecule has 0 saturated carbocycles. The molecule has 2 amide bonds. The number of hydrogen-bond acceptors (Lipinski definition) is 9. The predicted molar refractivity (Wildman–Crippen MR) is 195 cm³/mol. The first kappa shape index (κ1) is 35.3. The van der Waals surface area contributed by atoms with Crippen LogP contribution >= 0.6 is 0 Å². The number of esters is 1. The van der Waals surface area contributed by atoms with Crippen LogP contribution in [0.2, 0.25) is 0 Å². The van der Waals surface area contributed by atoms with Gasteiger partial charge in [0.2, 0.25) is 17.7 Å². The average Bonchev–Trinajstić information content (AvgIpc) is 3.78. The summed E-state index contributed by atoms with van der Waals surface area (Å²) in [6.07, 6.45) is -1.92. The van der Waals surface area contributed by atoms with Gasteiger partial charge in [-0.3, -0.25) is 9.59 Å². The number of hydrogen-bond donors (Lipinski definition) is 4. The van der Waals surface area contributed by atoms with E-state index in [1.165, 1.54) is 29.4 Å². The number of carbonyl (C=O) groups is 3. The van der Waals surface area contributed by atoms with Crippen molar-refractivity contribution in [3.63, 3.8) is 0 Å². The Hall–Kier alpha value is -5.16. The lowest BCUT2D eigenvalue weighted by Gasteiger charge is -2.29. The van der Waals surface area contributed by atoms with Gasteiger partial charge in [0.05, 0.1) is 7.11 Å². The molecule has 1 spiro atoms. The minimum absolute atomic E-state index is 0.0211. The van der Waals surface area contributed by atoms with Crippen LogP contribution in [0.5, 0.6) is 5.75 Å². The number of carbonyl (C=O) groups excluding carboxylic acids is 3. The average molecular weight is 707 g/mol. The molecule has 4 N–H and O–H groups in total. The summed E-state index contributed by atoms with van der Waals surface area (Å²) < 4.78 is 18.8. The van der Waals surface area contributed by atoms with E-state index in [1.54, 1.807) is 13.8 Å². The molecule has 272 valence electrons. The fraction of sp³-hybridized carbons (Fsp3) is 0.415. The molecule has 0 aliphatic carbocycles. The second-order valence-electron chi connectivity index (χ2n) is 15.1. The summed E-state index contributed by atoms with van der Waals surface area (Å²) in [6.45, 7) is 15.8. The maximum Gasteiger partial charge on any atom is 0.360 e. The Kier molecular flexibility index (Phi) is 8.68. The predicted octanol–water partition coefficient (Wildman–Crippen LogP) is 5.71. The Morgan fingerprint density at radius 2 is 1.71 bits per heavy atom. The number of ether oxygens (including phenoxy) is 2. The Bertz CT molecular complexity index is 2110. The van der Waals surface area contributed by atoms with E-state index in [2.05, 4.69) is 55.8 Å². The molecule has 4 bridgehead atoms. The van der Waals surface area contributed by atoms with Crippen molar-refractivity contribution in [1.29, 1.82) is 0 Å². The summed E-state index contributed by atoms with van der Waals surface area (Å²) in [5.74, 6) is -1.47. The Balaban J connectivity index is 1.52. The van der Waals surface area contributed by atoms with Crippen molar-refractivity contribution in [2.24, 2.45) is 11.8 Å². The molecule has 1 aromatic heterocycles. The number of nitrogens with one attached hydrogen (secondary N) is 3. The fourth-order valence-electron chi connectivity index (χ4n) is 8.00. The standard InChI is InChI=1S/C41H46N4O7/c1-18(2)31-38-44-33(39(49)50-9)35(52-38)41-26-12-10-11-25(30-22(7)20(5)15-21(6)23(30)8)32(26)45-40(41)51-29-14-13-24(16-27(29)41)17-28(36(47)43-31)42-37(48)34(46)19(3)4/h10-16,18-19,28,31,34,40,45-46H,17H2,1-9H3,(H,42,48)(H,43,47)/t28-,31-,34-,40?,41-/m0/s1. The molecule has 3 aromatic carbocycles. The highest BCUT2D eigenvalue weighted by atomic mass is 16.5. The number of oxazole rings is 1. The van der Waals surface area contributed by atoms with E-state index in [0.717, 1.165) is 33.5 Å². The van der Waals surface area contributed by atoms with Gasteiger partial charge in [0, 0.05) is 28.8 Å². The molecule has 0 fully saturated rings. The first-order valence-corrected chi connectivity index (χ1v) is 17.8. The molecule has 0 radical (unpaired) electrons. The minimum Gasteiger partial charge on any atom is -0.469 e. The van der Waals surface area contributed by atoms with Gasteiger partial charge in [-0.1, -0.05) is 64.1 Å². The molecular weight excluding hydrogens is 660 g/mol. The number of rotatable bonds is 6. The highest BCUT2D eigenvalue weighted by Gasteiger charge is 2.62. The molecule has 7 rings (SSSR count). The van der Waals surface area contributed by atoms with Crippen molar-refractivity contribution in [3.8, 4) is 16.9 Å². The number of benzene rings is 3. The van der Waals surface area contributed by atoms with Crippen molar-refractivity contribution in [2.45, 2.75) is 91.6 Å². The zero-order chi connectivity index (χ0) is 37.4. The van der Waals surface area contributed by atoms with Gasteiger partial charge in [0.15, 0.2) is 17.7 Å². The van der Waals surface area contributed by atoms with Crippen molar-refractivity contribution in [1.82, 2.24) is 15.6 Å². The number of methoxy groups -OCH3 is 1. The smallest absolute Gasteiger partial charge is 0.360 e. The van der Waals surface area contributed by atoms with Crippen LogP contribution in [0.25, 0.3) is 11.1 Å². The highest BCUT2D eigenvalue weighted by molar-refractivity contribution is 5.94. The molecular formula is C41H46N4O7. The Morgan fingerprint density at radius 1 is 1.00 bits per heavy atom. The molecule has 52 heavy (non-hydrogen) atoms. The van der Waals surface area contributed by atoms with Crippen LogP contribution in [-0.4, -0.2) is 53.4 Å². The molecule has 5 atom stereocenters. The fourth-order valence-corrected chi connectivity index (χ4v) is 8.00. The zero-order valence-corrected chi connectivity index (χ0v) is 31.1. The van der Waals surface area contributed by atoms with Crippen LogP contribution in [0.3, 0.4) is 0 Å². The first-order valence-electron chi connectivity index (χ1n) is 17.8. The largest absolute Gasteiger partial charge is 0.469 e. The molecule has 3 aliphatic heterocycles. The summed E-state index contributed by atoms with van der Waals surface area (Å²) in [5, 5.41) is 20.1. The molecule has 1 unspecified atom stereocenters. The van der Waals surface area contributed by atoms with Gasteiger partial charge < -0.3 is 34.9 Å². The molecule has 0 saturated heterocycles. The van der Waals surface area contributed by atoms with Crippen molar-refractivity contribution >= 4 is 23.5 Å². The van der Waals surface area contributed by atoms with E-state index >= 15 is 0 Å². The van der Waals surface area contributed by atoms with E-state index in [0.29, 0.717) is 5.75 Å². The number of anilines is 1. The molecule has 4 aromatic rings. The van der Waals surface area contributed by atoms with E-state index in [4.69, 9.17) is 18.9 Å². The normalized spacial score (nSPS) is 22.0. The van der Waals surface area contributed by atoms with Crippen LogP contribution in [0.4, 0.5) is 5.69 Å². The number of aromatic nitrogens is 1. The lowest BCUT2D eigenvalue weighted by molar-refractivity contribution is -0.135. The summed E-state index contributed by atoms with van der Waals surface area (Å²) in [5.41, 5.74) is 8.72. The highest BCUT2D eigenvalue weighted by Crippen LogP contribution is 2.60. The molecule has 11 nitrogen and oxygen atoms in total. The van der Waals surface area contributed by atoms with Crippen LogP contribution in [0.15, 0.2) is 46.9 Å². The maximum absolute atomic E-state index is 14.0. The minimum atomic E-state index is -1.30. The van der Waals surface area contributed by atoms with Gasteiger partial charge in [-0.15, -0.1) is 0 Å². The van der Waals surface area contributed by atoms with Crippen LogP contribution in [-0.2, 0) is 26.2 Å². The van der Waals surface area contributed by atoms with Gasteiger partial charge in [0.1, 0.15) is 29.4 Å². The van der Waals surface area contributed by atoms with Crippen LogP contribution in [0.1, 0.15) is 94.8 Å². The number of aryl methyl sites for hydroxylation is 2. The second-order valence-corrected chi connectivity index (χ2v) is 15.1. The summed E-state index contributed by atoms with van der Waals surface area (Å²) in [4.78, 5) is 45.6. The van der Waals surface area contributed by atoms with Gasteiger partial charge in [-0.25, -0.2) is 9.78 Å². The summed E-state index contributed by atoms with van der Waals surface area (Å²) >= 11 is 0. The Morgan fingerprint density at radius 3 is 2.37 bits per heavy atom. The van der Waals surface area contributed by atoms with E-state index in [-0.39, 0.29) is 35.6 Å². The molecule has 11 heteroatoms. The number of nitrogens with zero attached hydrogens (tertiary/aromatic N) is 1. The topological polar surface area (TPSA) is 152 Å². The number of para-hydroxylation sites is 1. The van der Waals surface area contributed by atoms with Gasteiger partial charge in [-0.05, 0) is 79.0 Å². The van der Waals surface area contributed by atoms with Crippen molar-refractivity contribution in [2.75, 3.05) is 12.4 Å². The maximum atomic E-state index is 14.0. The zero-order valence-electron chi connectivity index (χ0n) is 31.1. The number of aliphatic hydroxyl groups excluding tert-OH is 1. The van der Waals surface area contributed by atoms with Gasteiger partial charge >= 0.3 is 5.97 Å². The first-order chi connectivity index (χ1) is 24.7. The van der Waals surface area contributed by atoms with Gasteiger partial charge in [0.25, 0.3) is 0 Å². The number of aliphatic hydroxyl groups is 1. The number of amides is 2.